The average molecular weight is 265 g/mol. The number of aromatic nitrogens is 1. The van der Waals surface area contributed by atoms with Crippen LogP contribution in [-0.2, 0) is 16.5 Å². The summed E-state index contributed by atoms with van der Waals surface area (Å²) >= 11 is 0. The Labute approximate surface area is 112 Å². The highest BCUT2D eigenvalue weighted by atomic mass is 16.6. The SMILES string of the molecule is CC(=O)c1cc(C(=O)OC[C@@H]2CC[C@@H](C)O2)n(C)c1. The van der Waals surface area contributed by atoms with Gasteiger partial charge in [0.15, 0.2) is 5.78 Å². The van der Waals surface area contributed by atoms with Crippen molar-refractivity contribution in [1.29, 1.82) is 0 Å². The molecule has 0 radical (unpaired) electrons. The van der Waals surface area contributed by atoms with Crippen molar-refractivity contribution < 1.29 is 19.1 Å². The summed E-state index contributed by atoms with van der Waals surface area (Å²) in [6.07, 6.45) is 3.78. The Morgan fingerprint density at radius 3 is 2.74 bits per heavy atom. The van der Waals surface area contributed by atoms with Gasteiger partial charge >= 0.3 is 5.97 Å². The van der Waals surface area contributed by atoms with Gasteiger partial charge in [-0.05, 0) is 32.8 Å². The molecule has 2 heterocycles. The molecule has 0 amide bonds. The fourth-order valence-corrected chi connectivity index (χ4v) is 2.21. The van der Waals surface area contributed by atoms with E-state index in [1.165, 1.54) is 6.92 Å². The molecule has 5 nitrogen and oxygen atoms in total. The van der Waals surface area contributed by atoms with Crippen LogP contribution in [0.3, 0.4) is 0 Å². The molecule has 0 spiro atoms. The molecule has 0 aliphatic carbocycles. The van der Waals surface area contributed by atoms with Crippen molar-refractivity contribution in [3.63, 3.8) is 0 Å². The van der Waals surface area contributed by atoms with Crippen LogP contribution in [0.1, 0.15) is 47.5 Å². The summed E-state index contributed by atoms with van der Waals surface area (Å²) in [7, 11) is 1.72. The van der Waals surface area contributed by atoms with Gasteiger partial charge in [-0.25, -0.2) is 4.79 Å². The number of nitrogens with zero attached hydrogens (tertiary/aromatic N) is 1. The number of rotatable bonds is 4. The standard InChI is InChI=1S/C14H19NO4/c1-9-4-5-12(19-9)8-18-14(17)13-6-11(10(2)16)7-15(13)3/h6-7,9,12H,4-5,8H2,1-3H3/t9-,12+/m1/s1. The number of aryl methyl sites for hydroxylation is 1. The van der Waals surface area contributed by atoms with Gasteiger partial charge in [-0.3, -0.25) is 4.79 Å². The molecule has 1 aliphatic rings. The monoisotopic (exact) mass is 265 g/mol. The molecule has 0 unspecified atom stereocenters. The van der Waals surface area contributed by atoms with Gasteiger partial charge in [0, 0.05) is 18.8 Å². The predicted octanol–water partition coefficient (Wildman–Crippen LogP) is 1.95. The predicted molar refractivity (Wildman–Crippen MR) is 69.3 cm³/mol. The molecule has 1 aromatic rings. The van der Waals surface area contributed by atoms with Crippen LogP contribution in [0.4, 0.5) is 0 Å². The summed E-state index contributed by atoms with van der Waals surface area (Å²) in [6, 6.07) is 1.56. The number of Topliss-reactive ketones (excluding diaryl/α,β-unsaturated/α-hetero) is 1. The van der Waals surface area contributed by atoms with E-state index < -0.39 is 5.97 Å². The van der Waals surface area contributed by atoms with Crippen LogP contribution in [0.5, 0.6) is 0 Å². The molecule has 2 rings (SSSR count). The average Bonchev–Trinajstić information content (AvgIpc) is 2.92. The molecule has 0 bridgehead atoms. The lowest BCUT2D eigenvalue weighted by molar-refractivity contribution is -0.00319. The smallest absolute Gasteiger partial charge is 0.355 e. The summed E-state index contributed by atoms with van der Waals surface area (Å²) in [5, 5.41) is 0. The van der Waals surface area contributed by atoms with Crippen LogP contribution in [0.15, 0.2) is 12.3 Å². The maximum absolute atomic E-state index is 11.9. The van der Waals surface area contributed by atoms with Crippen LogP contribution in [0, 0.1) is 0 Å². The van der Waals surface area contributed by atoms with Gasteiger partial charge < -0.3 is 14.0 Å². The van der Waals surface area contributed by atoms with E-state index in [9.17, 15) is 9.59 Å². The van der Waals surface area contributed by atoms with Crippen LogP contribution >= 0.6 is 0 Å². The van der Waals surface area contributed by atoms with Gasteiger partial charge in [0.25, 0.3) is 0 Å². The van der Waals surface area contributed by atoms with Gasteiger partial charge in [0.1, 0.15) is 12.3 Å². The zero-order chi connectivity index (χ0) is 14.0. The number of hydrogen-bond donors (Lipinski definition) is 0. The van der Waals surface area contributed by atoms with E-state index in [1.807, 2.05) is 6.92 Å². The number of ether oxygens (including phenoxy) is 2. The molecule has 0 aromatic carbocycles. The second-order valence-corrected chi connectivity index (χ2v) is 5.03. The highest BCUT2D eigenvalue weighted by Crippen LogP contribution is 2.19. The molecule has 0 N–H and O–H groups in total. The van der Waals surface area contributed by atoms with E-state index in [0.29, 0.717) is 11.3 Å². The summed E-state index contributed by atoms with van der Waals surface area (Å²) < 4.78 is 12.4. The molecule has 104 valence electrons. The minimum Gasteiger partial charge on any atom is -0.458 e. The molecule has 19 heavy (non-hydrogen) atoms. The molecule has 5 heteroatoms. The van der Waals surface area contributed by atoms with E-state index in [1.54, 1.807) is 23.9 Å². The zero-order valence-electron chi connectivity index (χ0n) is 11.5. The van der Waals surface area contributed by atoms with Gasteiger partial charge in [0.2, 0.25) is 0 Å². The van der Waals surface area contributed by atoms with Crippen molar-refractivity contribution >= 4 is 11.8 Å². The summed E-state index contributed by atoms with van der Waals surface area (Å²) in [5.74, 6) is -0.485. The summed E-state index contributed by atoms with van der Waals surface area (Å²) in [5.41, 5.74) is 0.899. The third-order valence-electron chi connectivity index (χ3n) is 3.34. The van der Waals surface area contributed by atoms with Crippen LogP contribution in [-0.4, -0.2) is 35.1 Å². The van der Waals surface area contributed by atoms with Crippen molar-refractivity contribution in [2.45, 2.75) is 38.9 Å². The van der Waals surface area contributed by atoms with Crippen molar-refractivity contribution in [1.82, 2.24) is 4.57 Å². The first-order valence-corrected chi connectivity index (χ1v) is 6.47. The molecule has 2 atom stereocenters. The van der Waals surface area contributed by atoms with Crippen LogP contribution in [0.2, 0.25) is 0 Å². The fourth-order valence-electron chi connectivity index (χ4n) is 2.21. The molecule has 1 fully saturated rings. The largest absolute Gasteiger partial charge is 0.458 e. The number of carbonyl (C=O) groups excluding carboxylic acids is 2. The minimum atomic E-state index is -0.418. The third kappa shape index (κ3) is 3.23. The molecule has 1 aromatic heterocycles. The second kappa shape index (κ2) is 5.57. The first-order chi connectivity index (χ1) is 8.97. The molecule has 0 saturated carbocycles. The Balaban J connectivity index is 1.94. The molecule has 1 aliphatic heterocycles. The van der Waals surface area contributed by atoms with E-state index >= 15 is 0 Å². The van der Waals surface area contributed by atoms with Gasteiger partial charge in [0.05, 0.1) is 12.2 Å². The van der Waals surface area contributed by atoms with Gasteiger partial charge in [-0.1, -0.05) is 0 Å². The van der Waals surface area contributed by atoms with Crippen molar-refractivity contribution in [3.8, 4) is 0 Å². The maximum Gasteiger partial charge on any atom is 0.355 e. The Kier molecular flexibility index (Phi) is 4.04. The van der Waals surface area contributed by atoms with E-state index in [0.717, 1.165) is 12.8 Å². The lowest BCUT2D eigenvalue weighted by Gasteiger charge is -2.11. The number of carbonyl (C=O) groups is 2. The maximum atomic E-state index is 11.9. The topological polar surface area (TPSA) is 57.5 Å². The van der Waals surface area contributed by atoms with Gasteiger partial charge in [-0.2, -0.15) is 0 Å². The Morgan fingerprint density at radius 1 is 1.47 bits per heavy atom. The number of ketones is 1. The highest BCUT2D eigenvalue weighted by molar-refractivity contribution is 5.97. The minimum absolute atomic E-state index is 0.00787. The Morgan fingerprint density at radius 2 is 2.21 bits per heavy atom. The van der Waals surface area contributed by atoms with Gasteiger partial charge in [-0.15, -0.1) is 0 Å². The summed E-state index contributed by atoms with van der Waals surface area (Å²) in [6.45, 7) is 3.75. The molecule has 1 saturated heterocycles. The van der Waals surface area contributed by atoms with E-state index in [2.05, 4.69) is 0 Å². The first kappa shape index (κ1) is 13.8. The number of hydrogen-bond acceptors (Lipinski definition) is 4. The van der Waals surface area contributed by atoms with E-state index in [-0.39, 0.29) is 24.6 Å². The molecular weight excluding hydrogens is 246 g/mol. The quantitative estimate of drug-likeness (QED) is 0.616. The number of esters is 1. The lowest BCUT2D eigenvalue weighted by Crippen LogP contribution is -2.20. The van der Waals surface area contributed by atoms with E-state index in [4.69, 9.17) is 9.47 Å². The van der Waals surface area contributed by atoms with Crippen molar-refractivity contribution in [2.24, 2.45) is 7.05 Å². The summed E-state index contributed by atoms with van der Waals surface area (Å²) in [4.78, 5) is 23.2. The lowest BCUT2D eigenvalue weighted by atomic mass is 10.2. The molecular formula is C14H19NO4. The highest BCUT2D eigenvalue weighted by Gasteiger charge is 2.24. The fraction of sp³-hybridized carbons (Fsp3) is 0.571. The Hall–Kier alpha value is -1.62. The zero-order valence-corrected chi connectivity index (χ0v) is 11.5. The van der Waals surface area contributed by atoms with Crippen LogP contribution < -0.4 is 0 Å². The Bertz CT molecular complexity index is 492. The second-order valence-electron chi connectivity index (χ2n) is 5.03. The van der Waals surface area contributed by atoms with Crippen LogP contribution in [0.25, 0.3) is 0 Å². The third-order valence-corrected chi connectivity index (χ3v) is 3.34. The van der Waals surface area contributed by atoms with Crippen molar-refractivity contribution in [2.75, 3.05) is 6.61 Å². The first-order valence-electron chi connectivity index (χ1n) is 6.47. The van der Waals surface area contributed by atoms with Crippen molar-refractivity contribution in [3.05, 3.63) is 23.5 Å². The normalized spacial score (nSPS) is 22.5.